The Morgan fingerprint density at radius 3 is 2.35 bits per heavy atom. The van der Waals surface area contributed by atoms with E-state index in [9.17, 15) is 13.6 Å². The molecule has 0 bridgehead atoms. The maximum absolute atomic E-state index is 11.9. The number of benzene rings is 1. The van der Waals surface area contributed by atoms with Crippen molar-refractivity contribution in [3.63, 3.8) is 0 Å². The SMILES string of the molecule is O=C(O)C1(c2ccc(OCC(F)F)cc2)CC1. The van der Waals surface area contributed by atoms with Crippen molar-refractivity contribution in [2.45, 2.75) is 24.7 Å². The minimum absolute atomic E-state index is 0.329. The molecule has 0 spiro atoms. The molecule has 0 heterocycles. The Balaban J connectivity index is 2.06. The molecule has 0 saturated heterocycles. The summed E-state index contributed by atoms with van der Waals surface area (Å²) in [6.07, 6.45) is -1.26. The standard InChI is InChI=1S/C12H12F2O3/c13-10(14)7-17-9-3-1-8(2-4-9)12(5-6-12)11(15)16/h1-4,10H,5-7H2,(H,15,16). The van der Waals surface area contributed by atoms with Gasteiger partial charge >= 0.3 is 5.97 Å². The van der Waals surface area contributed by atoms with Gasteiger partial charge in [-0.25, -0.2) is 8.78 Å². The van der Waals surface area contributed by atoms with E-state index in [2.05, 4.69) is 0 Å². The fraction of sp³-hybridized carbons (Fsp3) is 0.417. The first-order valence-corrected chi connectivity index (χ1v) is 5.29. The molecule has 3 nitrogen and oxygen atoms in total. The van der Waals surface area contributed by atoms with Crippen LogP contribution in [0.25, 0.3) is 0 Å². The molecule has 17 heavy (non-hydrogen) atoms. The van der Waals surface area contributed by atoms with E-state index in [-0.39, 0.29) is 0 Å². The Hall–Kier alpha value is -1.65. The molecule has 0 aromatic heterocycles. The van der Waals surface area contributed by atoms with E-state index in [1.54, 1.807) is 12.1 Å². The molecule has 92 valence electrons. The van der Waals surface area contributed by atoms with E-state index in [4.69, 9.17) is 9.84 Å². The number of rotatable bonds is 5. The molecule has 0 unspecified atom stereocenters. The predicted molar refractivity (Wildman–Crippen MR) is 56.5 cm³/mol. The van der Waals surface area contributed by atoms with Crippen molar-refractivity contribution in [1.82, 2.24) is 0 Å². The van der Waals surface area contributed by atoms with Crippen LogP contribution in [0, 0.1) is 0 Å². The molecule has 1 N–H and O–H groups in total. The predicted octanol–water partition coefficient (Wildman–Crippen LogP) is 2.45. The number of hydrogen-bond acceptors (Lipinski definition) is 2. The number of aliphatic carboxylic acids is 1. The number of ether oxygens (including phenoxy) is 1. The summed E-state index contributed by atoms with van der Waals surface area (Å²) in [5, 5.41) is 9.07. The summed E-state index contributed by atoms with van der Waals surface area (Å²) < 4.78 is 28.6. The van der Waals surface area contributed by atoms with Gasteiger partial charge in [-0.15, -0.1) is 0 Å². The molecule has 0 radical (unpaired) electrons. The summed E-state index contributed by atoms with van der Waals surface area (Å²) in [5.41, 5.74) is -0.0595. The molecule has 2 rings (SSSR count). The summed E-state index contributed by atoms with van der Waals surface area (Å²) in [6, 6.07) is 6.31. The van der Waals surface area contributed by atoms with Crippen molar-refractivity contribution >= 4 is 5.97 Å². The van der Waals surface area contributed by atoms with Gasteiger partial charge in [0.05, 0.1) is 5.41 Å². The van der Waals surface area contributed by atoms with Gasteiger partial charge in [0.1, 0.15) is 12.4 Å². The second kappa shape index (κ2) is 4.31. The third-order valence-electron chi connectivity index (χ3n) is 2.94. The molecule has 1 aromatic carbocycles. The second-order valence-corrected chi connectivity index (χ2v) is 4.11. The van der Waals surface area contributed by atoms with Crippen molar-refractivity contribution < 1.29 is 23.4 Å². The van der Waals surface area contributed by atoms with Crippen LogP contribution in [0.2, 0.25) is 0 Å². The number of hydrogen-bond donors (Lipinski definition) is 1. The molecule has 1 fully saturated rings. The summed E-state index contributed by atoms with van der Waals surface area (Å²) in [4.78, 5) is 11.1. The van der Waals surface area contributed by atoms with Crippen molar-refractivity contribution in [1.29, 1.82) is 0 Å². The van der Waals surface area contributed by atoms with Crippen LogP contribution >= 0.6 is 0 Å². The Bertz CT molecular complexity index is 410. The Labute approximate surface area is 97.0 Å². The van der Waals surface area contributed by atoms with E-state index in [0.717, 1.165) is 0 Å². The summed E-state index contributed by atoms with van der Waals surface area (Å²) >= 11 is 0. The number of alkyl halides is 2. The Morgan fingerprint density at radius 2 is 1.94 bits per heavy atom. The molecular formula is C12H12F2O3. The summed E-state index contributed by atoms with van der Waals surface area (Å²) in [7, 11) is 0. The third-order valence-corrected chi connectivity index (χ3v) is 2.94. The van der Waals surface area contributed by atoms with Crippen LogP contribution in [0.4, 0.5) is 8.78 Å². The largest absolute Gasteiger partial charge is 0.488 e. The van der Waals surface area contributed by atoms with E-state index in [0.29, 0.717) is 24.2 Å². The lowest BCUT2D eigenvalue weighted by Gasteiger charge is -2.11. The van der Waals surface area contributed by atoms with Gasteiger partial charge in [-0.05, 0) is 30.5 Å². The lowest BCUT2D eigenvalue weighted by molar-refractivity contribution is -0.140. The highest BCUT2D eigenvalue weighted by atomic mass is 19.3. The molecular weight excluding hydrogens is 230 g/mol. The normalized spacial score (nSPS) is 16.9. The van der Waals surface area contributed by atoms with Crippen LogP contribution < -0.4 is 4.74 Å². The molecule has 1 aliphatic rings. The topological polar surface area (TPSA) is 46.5 Å². The zero-order valence-corrected chi connectivity index (χ0v) is 9.03. The van der Waals surface area contributed by atoms with E-state index >= 15 is 0 Å². The van der Waals surface area contributed by atoms with E-state index in [1.807, 2.05) is 0 Å². The molecule has 0 aliphatic heterocycles. The zero-order valence-electron chi connectivity index (χ0n) is 9.03. The quantitative estimate of drug-likeness (QED) is 0.862. The third kappa shape index (κ3) is 2.38. The van der Waals surface area contributed by atoms with Gasteiger partial charge in [-0.1, -0.05) is 12.1 Å². The molecule has 5 heteroatoms. The summed E-state index contributed by atoms with van der Waals surface area (Å²) in [5.74, 6) is -0.506. The van der Waals surface area contributed by atoms with Crippen LogP contribution in [0.5, 0.6) is 5.75 Å². The minimum Gasteiger partial charge on any atom is -0.488 e. The maximum atomic E-state index is 11.9. The van der Waals surface area contributed by atoms with Gasteiger partial charge in [0, 0.05) is 0 Å². The highest BCUT2D eigenvalue weighted by Crippen LogP contribution is 2.48. The van der Waals surface area contributed by atoms with Gasteiger partial charge in [-0.3, -0.25) is 4.79 Å². The van der Waals surface area contributed by atoms with Crippen molar-refractivity contribution in [2.75, 3.05) is 6.61 Å². The number of carboxylic acid groups (broad SMARTS) is 1. The number of carbonyl (C=O) groups is 1. The van der Waals surface area contributed by atoms with Gasteiger partial charge in [-0.2, -0.15) is 0 Å². The van der Waals surface area contributed by atoms with E-state index in [1.165, 1.54) is 12.1 Å². The average molecular weight is 242 g/mol. The first-order valence-electron chi connectivity index (χ1n) is 5.29. The van der Waals surface area contributed by atoms with Gasteiger partial charge < -0.3 is 9.84 Å². The average Bonchev–Trinajstić information content (AvgIpc) is 3.08. The first-order chi connectivity index (χ1) is 8.04. The smallest absolute Gasteiger partial charge is 0.314 e. The van der Waals surface area contributed by atoms with Crippen molar-refractivity contribution in [3.8, 4) is 5.75 Å². The molecule has 0 amide bonds. The fourth-order valence-electron chi connectivity index (χ4n) is 1.78. The van der Waals surface area contributed by atoms with Crippen molar-refractivity contribution in [2.24, 2.45) is 0 Å². The van der Waals surface area contributed by atoms with Gasteiger partial charge in [0.25, 0.3) is 6.43 Å². The lowest BCUT2D eigenvalue weighted by atomic mass is 9.96. The monoisotopic (exact) mass is 242 g/mol. The Morgan fingerprint density at radius 1 is 1.35 bits per heavy atom. The molecule has 0 atom stereocenters. The Kier molecular flexibility index (Phi) is 3.00. The lowest BCUT2D eigenvalue weighted by Crippen LogP contribution is -2.19. The maximum Gasteiger partial charge on any atom is 0.314 e. The van der Waals surface area contributed by atoms with Crippen LogP contribution in [0.1, 0.15) is 18.4 Å². The van der Waals surface area contributed by atoms with E-state index < -0.39 is 24.4 Å². The van der Waals surface area contributed by atoms with Crippen LogP contribution in [0.15, 0.2) is 24.3 Å². The van der Waals surface area contributed by atoms with Crippen LogP contribution in [-0.2, 0) is 10.2 Å². The molecule has 1 aliphatic carbocycles. The number of carboxylic acids is 1. The number of halogens is 2. The minimum atomic E-state index is -2.51. The van der Waals surface area contributed by atoms with Crippen molar-refractivity contribution in [3.05, 3.63) is 29.8 Å². The second-order valence-electron chi connectivity index (χ2n) is 4.11. The fourth-order valence-corrected chi connectivity index (χ4v) is 1.78. The van der Waals surface area contributed by atoms with Crippen LogP contribution in [-0.4, -0.2) is 24.1 Å². The molecule has 1 aromatic rings. The first kappa shape index (κ1) is 11.8. The highest BCUT2D eigenvalue weighted by molar-refractivity contribution is 5.84. The molecule has 1 saturated carbocycles. The van der Waals surface area contributed by atoms with Gasteiger partial charge in [0.2, 0.25) is 0 Å². The van der Waals surface area contributed by atoms with Crippen LogP contribution in [0.3, 0.4) is 0 Å². The zero-order chi connectivity index (χ0) is 12.5. The highest BCUT2D eigenvalue weighted by Gasteiger charge is 2.51. The summed E-state index contributed by atoms with van der Waals surface area (Å²) in [6.45, 7) is -0.649. The van der Waals surface area contributed by atoms with Gasteiger partial charge in [0.15, 0.2) is 0 Å².